The number of epoxide rings is 1. The number of Topliss-reactive ketones (excluding diaryl/α,β-unsaturated/α-hetero) is 1. The Morgan fingerprint density at radius 3 is 2.64 bits per heavy atom. The number of phenolic OH excluding ortho intramolecular Hbond substituents is 1. The number of aryl methyl sites for hydroxylation is 1. The number of phenols is 1. The highest BCUT2D eigenvalue weighted by atomic mass is 16.9. The van der Waals surface area contributed by atoms with Crippen LogP contribution in [0.5, 0.6) is 17.2 Å². The van der Waals surface area contributed by atoms with Crippen LogP contribution < -0.4 is 9.47 Å². The zero-order valence-electron chi connectivity index (χ0n) is 19.9. The average Bonchev–Trinajstić information content (AvgIpc) is 3.54. The van der Waals surface area contributed by atoms with E-state index in [9.17, 15) is 15.0 Å². The van der Waals surface area contributed by atoms with E-state index in [1.54, 1.807) is 7.11 Å². The Bertz CT molecular complexity index is 1360. The Morgan fingerprint density at radius 1 is 1.14 bits per heavy atom. The van der Waals surface area contributed by atoms with E-state index in [1.807, 2.05) is 13.0 Å². The highest BCUT2D eigenvalue weighted by Gasteiger charge is 2.92. The summed E-state index contributed by atoms with van der Waals surface area (Å²) in [6, 6.07) is 1.90. The van der Waals surface area contributed by atoms with E-state index in [1.165, 1.54) is 0 Å². The maximum absolute atomic E-state index is 12.9. The van der Waals surface area contributed by atoms with E-state index in [0.29, 0.717) is 60.1 Å². The van der Waals surface area contributed by atoms with Crippen molar-refractivity contribution in [3.63, 3.8) is 0 Å². The molecule has 2 bridgehead atoms. The highest BCUT2D eigenvalue weighted by Crippen LogP contribution is 2.71. The van der Waals surface area contributed by atoms with Gasteiger partial charge in [0.25, 0.3) is 11.6 Å². The van der Waals surface area contributed by atoms with Gasteiger partial charge in [0.05, 0.1) is 37.9 Å². The van der Waals surface area contributed by atoms with Crippen molar-refractivity contribution in [3.05, 3.63) is 28.3 Å². The molecule has 36 heavy (non-hydrogen) atoms. The third-order valence-corrected chi connectivity index (χ3v) is 8.65. The molecule has 2 aromatic rings. The second-order valence-electron chi connectivity index (χ2n) is 10.5. The average molecular weight is 498 g/mol. The van der Waals surface area contributed by atoms with Crippen LogP contribution >= 0.6 is 0 Å². The molecule has 0 amide bonds. The summed E-state index contributed by atoms with van der Waals surface area (Å²) >= 11 is 0. The Kier molecular flexibility index (Phi) is 4.01. The molecule has 1 spiro atoms. The fourth-order valence-corrected chi connectivity index (χ4v) is 7.02. The molecule has 10 nitrogen and oxygen atoms in total. The van der Waals surface area contributed by atoms with Gasteiger partial charge in [0.1, 0.15) is 23.4 Å². The normalized spacial score (nSPS) is 38.2. The zero-order valence-corrected chi connectivity index (χ0v) is 19.9. The fraction of sp³-hybridized carbons (Fsp3) is 0.577. The molecular formula is C26H26O10. The van der Waals surface area contributed by atoms with Crippen molar-refractivity contribution < 1.29 is 48.2 Å². The van der Waals surface area contributed by atoms with Crippen molar-refractivity contribution in [2.75, 3.05) is 26.9 Å². The van der Waals surface area contributed by atoms with Crippen molar-refractivity contribution in [1.82, 2.24) is 0 Å². The highest BCUT2D eigenvalue weighted by molar-refractivity contribution is 6.11. The molecule has 0 unspecified atom stereocenters. The number of ketones is 1. The lowest BCUT2D eigenvalue weighted by molar-refractivity contribution is -0.363. The molecule has 5 aliphatic heterocycles. The second kappa shape index (κ2) is 6.69. The molecule has 0 aromatic heterocycles. The molecule has 0 radical (unpaired) electrons. The minimum absolute atomic E-state index is 0.123. The summed E-state index contributed by atoms with van der Waals surface area (Å²) < 4.78 is 42.7. The van der Waals surface area contributed by atoms with Crippen LogP contribution in [0.15, 0.2) is 6.07 Å². The first-order valence-electron chi connectivity index (χ1n) is 12.4. The van der Waals surface area contributed by atoms with Crippen LogP contribution in [-0.2, 0) is 30.1 Å². The largest absolute Gasteiger partial charge is 0.506 e. The molecule has 5 heterocycles. The van der Waals surface area contributed by atoms with Gasteiger partial charge in [-0.2, -0.15) is 0 Å². The van der Waals surface area contributed by atoms with Crippen molar-refractivity contribution in [1.29, 1.82) is 0 Å². The number of methoxy groups -OCH3 is 1. The van der Waals surface area contributed by atoms with Crippen molar-refractivity contribution in [2.45, 2.75) is 68.3 Å². The molecule has 2 N–H and O–H groups in total. The maximum Gasteiger partial charge on any atom is 0.274 e. The summed E-state index contributed by atoms with van der Waals surface area (Å²) in [6.45, 7) is 2.97. The van der Waals surface area contributed by atoms with Crippen LogP contribution in [0.3, 0.4) is 0 Å². The number of fused-ring (bicyclic) bond motifs is 8. The molecule has 10 heteroatoms. The topological polar surface area (TPSA) is 125 Å². The van der Waals surface area contributed by atoms with E-state index in [-0.39, 0.29) is 29.5 Å². The number of aliphatic hydroxyl groups is 1. The predicted octanol–water partition coefficient (Wildman–Crippen LogP) is 2.16. The number of rotatable bonds is 2. The minimum atomic E-state index is -1.92. The quantitative estimate of drug-likeness (QED) is 0.595. The van der Waals surface area contributed by atoms with Crippen LogP contribution in [0.1, 0.15) is 52.4 Å². The third kappa shape index (κ3) is 2.20. The van der Waals surface area contributed by atoms with E-state index in [2.05, 4.69) is 0 Å². The number of carbonyl (C=O) groups is 1. The monoisotopic (exact) mass is 498 g/mol. The van der Waals surface area contributed by atoms with E-state index in [4.69, 9.17) is 33.2 Å². The molecule has 1 aliphatic carbocycles. The van der Waals surface area contributed by atoms with Crippen LogP contribution in [-0.4, -0.2) is 72.5 Å². The van der Waals surface area contributed by atoms with Crippen molar-refractivity contribution in [2.24, 2.45) is 0 Å². The molecular weight excluding hydrogens is 472 g/mol. The minimum Gasteiger partial charge on any atom is -0.506 e. The third-order valence-electron chi connectivity index (χ3n) is 8.65. The Labute approximate surface area is 205 Å². The van der Waals surface area contributed by atoms with Gasteiger partial charge >= 0.3 is 0 Å². The van der Waals surface area contributed by atoms with Gasteiger partial charge in [-0.05, 0) is 37.8 Å². The lowest BCUT2D eigenvalue weighted by atomic mass is 9.78. The van der Waals surface area contributed by atoms with Gasteiger partial charge in [-0.25, -0.2) is 0 Å². The second-order valence-corrected chi connectivity index (χ2v) is 10.5. The van der Waals surface area contributed by atoms with Crippen LogP contribution in [0.2, 0.25) is 0 Å². The van der Waals surface area contributed by atoms with Gasteiger partial charge in [0.2, 0.25) is 11.9 Å². The standard InChI is InChI=1S/C26H26O10/c1-11-9-13-17(18(28)16-12(19(13)30-2)5-3-6-14(16)27)20-15(11)21-22-25(29,34-20)24(10-33-24)26(35-21,36-22)23-31-7-4-8-32-23/h9,21-23,28-29H,3-8,10H2,1-2H3/t21-,22-,24-,25+,26-/m0/s1. The Balaban J connectivity index is 1.39. The van der Waals surface area contributed by atoms with Crippen molar-refractivity contribution in [3.8, 4) is 17.2 Å². The first-order valence-corrected chi connectivity index (χ1v) is 12.4. The fourth-order valence-electron chi connectivity index (χ4n) is 7.02. The predicted molar refractivity (Wildman–Crippen MR) is 120 cm³/mol. The lowest BCUT2D eigenvalue weighted by Gasteiger charge is -2.48. The molecule has 190 valence electrons. The van der Waals surface area contributed by atoms with Gasteiger partial charge in [0, 0.05) is 22.9 Å². The number of hydrogen-bond acceptors (Lipinski definition) is 10. The van der Waals surface area contributed by atoms with Crippen LogP contribution in [0.4, 0.5) is 0 Å². The Hall–Kier alpha value is -2.47. The number of ether oxygens (including phenoxy) is 7. The van der Waals surface area contributed by atoms with Crippen molar-refractivity contribution >= 4 is 16.6 Å². The number of aromatic hydroxyl groups is 1. The van der Waals surface area contributed by atoms with Gasteiger partial charge in [0.15, 0.2) is 11.9 Å². The first kappa shape index (κ1) is 21.6. The number of benzene rings is 2. The van der Waals surface area contributed by atoms with Gasteiger partial charge in [-0.15, -0.1) is 0 Å². The summed E-state index contributed by atoms with van der Waals surface area (Å²) in [5.74, 6) is -2.96. The summed E-state index contributed by atoms with van der Waals surface area (Å²) in [6.07, 6.45) is -0.125. The van der Waals surface area contributed by atoms with Crippen LogP contribution in [0, 0.1) is 6.92 Å². The van der Waals surface area contributed by atoms with Gasteiger partial charge < -0.3 is 43.4 Å². The molecule has 2 aromatic carbocycles. The molecule has 6 aliphatic rings. The molecule has 8 rings (SSSR count). The summed E-state index contributed by atoms with van der Waals surface area (Å²) in [4.78, 5) is 12.9. The van der Waals surface area contributed by atoms with E-state index in [0.717, 1.165) is 12.0 Å². The number of carbonyl (C=O) groups excluding carboxylic acids is 1. The molecule has 4 fully saturated rings. The summed E-state index contributed by atoms with van der Waals surface area (Å²) in [7, 11) is 1.55. The van der Waals surface area contributed by atoms with Crippen LogP contribution in [0.25, 0.3) is 10.8 Å². The van der Waals surface area contributed by atoms with Gasteiger partial charge in [-0.1, -0.05) is 0 Å². The smallest absolute Gasteiger partial charge is 0.274 e. The number of hydrogen-bond donors (Lipinski definition) is 2. The molecule has 0 saturated carbocycles. The lowest BCUT2D eigenvalue weighted by Crippen LogP contribution is -2.69. The van der Waals surface area contributed by atoms with Gasteiger partial charge in [-0.3, -0.25) is 4.79 Å². The maximum atomic E-state index is 12.9. The summed E-state index contributed by atoms with van der Waals surface area (Å²) in [5.41, 5.74) is 1.03. The Morgan fingerprint density at radius 2 is 1.92 bits per heavy atom. The molecule has 5 atom stereocenters. The summed E-state index contributed by atoms with van der Waals surface area (Å²) in [5, 5.41) is 24.4. The van der Waals surface area contributed by atoms with E-state index < -0.39 is 35.7 Å². The first-order chi connectivity index (χ1) is 17.4. The SMILES string of the molecule is COc1c2c(c(O)c3c4c(c(C)cc13)[C@@H]1O[C@@]3(C5OCCCO5)O[C@@H]1[C@@](O)(O4)[C@@]31CO1)C(=O)CCC2. The van der Waals surface area contributed by atoms with E-state index >= 15 is 0 Å². The molecule has 4 saturated heterocycles. The zero-order chi connectivity index (χ0) is 24.6.